The minimum atomic E-state index is -0.245. The van der Waals surface area contributed by atoms with E-state index in [0.29, 0.717) is 5.89 Å². The van der Waals surface area contributed by atoms with Crippen molar-refractivity contribution in [1.29, 1.82) is 0 Å². The summed E-state index contributed by atoms with van der Waals surface area (Å²) in [6.07, 6.45) is 0.878. The third-order valence-corrected chi connectivity index (χ3v) is 4.20. The van der Waals surface area contributed by atoms with E-state index in [0.717, 1.165) is 28.3 Å². The number of oxazole rings is 1. The molecular weight excluding hydrogens is 322 g/mol. The summed E-state index contributed by atoms with van der Waals surface area (Å²) in [7, 11) is 1.35. The summed E-state index contributed by atoms with van der Waals surface area (Å²) in [5.74, 6) is 1.38. The topological polar surface area (TPSA) is 52.3 Å². The van der Waals surface area contributed by atoms with E-state index in [9.17, 15) is 4.79 Å². The van der Waals surface area contributed by atoms with Crippen LogP contribution in [-0.2, 0) is 16.0 Å². The first-order valence-electron chi connectivity index (χ1n) is 7.70. The van der Waals surface area contributed by atoms with Gasteiger partial charge in [-0.25, -0.2) is 4.98 Å². The van der Waals surface area contributed by atoms with Crippen molar-refractivity contribution < 1.29 is 13.9 Å². The number of nitrogens with zero attached hydrogens (tertiary/aromatic N) is 1. The number of aryl methyl sites for hydroxylation is 2. The summed E-state index contributed by atoms with van der Waals surface area (Å²) in [4.78, 5) is 15.4. The van der Waals surface area contributed by atoms with E-state index >= 15 is 0 Å². The zero-order valence-electron chi connectivity index (χ0n) is 14.3. The Morgan fingerprint density at radius 1 is 1.29 bits per heavy atom. The monoisotopic (exact) mass is 343 g/mol. The Labute approximate surface area is 146 Å². The number of hydrogen-bond acceptors (Lipinski definition) is 5. The molecule has 2 aromatic heterocycles. The minimum absolute atomic E-state index is 0.245. The van der Waals surface area contributed by atoms with Crippen LogP contribution in [0.15, 0.2) is 46.2 Å². The second-order valence-corrected chi connectivity index (χ2v) is 6.14. The van der Waals surface area contributed by atoms with E-state index in [2.05, 4.69) is 47.1 Å². The van der Waals surface area contributed by atoms with Gasteiger partial charge in [0, 0.05) is 12.5 Å². The van der Waals surface area contributed by atoms with E-state index < -0.39 is 0 Å². The van der Waals surface area contributed by atoms with Gasteiger partial charge >= 0.3 is 5.97 Å². The first kappa shape index (κ1) is 17.9. The number of ether oxygens (including phenoxy) is 1. The van der Waals surface area contributed by atoms with E-state index in [4.69, 9.17) is 4.42 Å². The van der Waals surface area contributed by atoms with Crippen LogP contribution in [0.3, 0.4) is 0 Å². The fraction of sp³-hybridized carbons (Fsp3) is 0.263. The maximum Gasteiger partial charge on any atom is 0.302 e. The van der Waals surface area contributed by atoms with Gasteiger partial charge in [0.25, 0.3) is 0 Å². The van der Waals surface area contributed by atoms with Gasteiger partial charge in [-0.1, -0.05) is 30.7 Å². The molecule has 0 amide bonds. The van der Waals surface area contributed by atoms with Gasteiger partial charge in [0.1, 0.15) is 0 Å². The maximum atomic E-state index is 9.59. The molecule has 0 atom stereocenters. The van der Waals surface area contributed by atoms with E-state index in [1.165, 1.54) is 19.6 Å². The van der Waals surface area contributed by atoms with Crippen LogP contribution in [0.5, 0.6) is 0 Å². The SMILES string of the molecule is CCc1nc(-c2cccc(C)c2)oc1-c1cccs1.COC(C)=O. The Morgan fingerprint density at radius 2 is 2.04 bits per heavy atom. The number of hydrogen-bond donors (Lipinski definition) is 0. The third kappa shape index (κ3) is 4.55. The second-order valence-electron chi connectivity index (χ2n) is 5.19. The van der Waals surface area contributed by atoms with Gasteiger partial charge in [-0.05, 0) is 36.9 Å². The predicted octanol–water partition coefficient (Wildman–Crippen LogP) is 5.12. The van der Waals surface area contributed by atoms with Crippen molar-refractivity contribution in [2.24, 2.45) is 0 Å². The van der Waals surface area contributed by atoms with Gasteiger partial charge in [-0.3, -0.25) is 4.79 Å². The fourth-order valence-corrected chi connectivity index (χ4v) is 2.82. The molecule has 0 unspecified atom stereocenters. The van der Waals surface area contributed by atoms with Gasteiger partial charge in [0.15, 0.2) is 5.76 Å². The number of carbonyl (C=O) groups excluding carboxylic acids is 1. The van der Waals surface area contributed by atoms with Crippen LogP contribution in [0.1, 0.15) is 25.1 Å². The molecule has 4 nitrogen and oxygen atoms in total. The molecule has 0 bridgehead atoms. The lowest BCUT2D eigenvalue weighted by molar-refractivity contribution is -0.137. The summed E-state index contributed by atoms with van der Waals surface area (Å²) in [6, 6.07) is 12.4. The molecule has 0 aliphatic carbocycles. The Bertz CT molecular complexity index is 791. The highest BCUT2D eigenvalue weighted by Gasteiger charge is 2.15. The van der Waals surface area contributed by atoms with Crippen LogP contribution in [-0.4, -0.2) is 18.1 Å². The minimum Gasteiger partial charge on any atom is -0.469 e. The van der Waals surface area contributed by atoms with Gasteiger partial charge < -0.3 is 9.15 Å². The molecule has 3 rings (SSSR count). The molecule has 1 aromatic carbocycles. The van der Waals surface area contributed by atoms with Crippen molar-refractivity contribution in [1.82, 2.24) is 4.98 Å². The predicted molar refractivity (Wildman–Crippen MR) is 97.1 cm³/mol. The average molecular weight is 343 g/mol. The van der Waals surface area contributed by atoms with E-state index in [-0.39, 0.29) is 5.97 Å². The number of thiophene rings is 1. The fourth-order valence-electron chi connectivity index (χ4n) is 2.09. The van der Waals surface area contributed by atoms with Crippen molar-refractivity contribution in [2.45, 2.75) is 27.2 Å². The van der Waals surface area contributed by atoms with Crippen LogP contribution in [0.2, 0.25) is 0 Å². The molecule has 0 saturated heterocycles. The number of rotatable bonds is 3. The van der Waals surface area contributed by atoms with Crippen LogP contribution in [0.4, 0.5) is 0 Å². The Balaban J connectivity index is 0.000000368. The normalized spacial score (nSPS) is 10.0. The lowest BCUT2D eigenvalue weighted by atomic mass is 10.1. The molecule has 24 heavy (non-hydrogen) atoms. The smallest absolute Gasteiger partial charge is 0.302 e. The summed E-state index contributed by atoms with van der Waals surface area (Å²) in [5.41, 5.74) is 3.28. The molecule has 0 N–H and O–H groups in total. The summed E-state index contributed by atoms with van der Waals surface area (Å²) in [5, 5.41) is 2.06. The summed E-state index contributed by atoms with van der Waals surface area (Å²) < 4.78 is 10.1. The molecule has 5 heteroatoms. The molecule has 3 aromatic rings. The molecular formula is C19H21NO3S. The van der Waals surface area contributed by atoms with Crippen molar-refractivity contribution >= 4 is 17.3 Å². The number of methoxy groups -OCH3 is 1. The van der Waals surface area contributed by atoms with Crippen molar-refractivity contribution in [3.05, 3.63) is 53.0 Å². The zero-order chi connectivity index (χ0) is 17.5. The van der Waals surface area contributed by atoms with Crippen molar-refractivity contribution in [3.63, 3.8) is 0 Å². The van der Waals surface area contributed by atoms with Gasteiger partial charge in [0.2, 0.25) is 5.89 Å². The molecule has 0 saturated carbocycles. The Hall–Kier alpha value is -2.40. The quantitative estimate of drug-likeness (QED) is 0.619. The molecule has 0 spiro atoms. The number of carbonyl (C=O) groups is 1. The maximum absolute atomic E-state index is 9.59. The largest absolute Gasteiger partial charge is 0.469 e. The molecule has 0 aliphatic rings. The van der Waals surface area contributed by atoms with Crippen LogP contribution in [0.25, 0.3) is 22.1 Å². The second kappa shape index (κ2) is 8.45. The number of benzene rings is 1. The summed E-state index contributed by atoms with van der Waals surface area (Å²) >= 11 is 1.68. The van der Waals surface area contributed by atoms with Gasteiger partial charge in [-0.2, -0.15) is 0 Å². The van der Waals surface area contributed by atoms with Crippen LogP contribution in [0, 0.1) is 6.92 Å². The van der Waals surface area contributed by atoms with Gasteiger partial charge in [-0.15, -0.1) is 11.3 Å². The van der Waals surface area contributed by atoms with Crippen LogP contribution < -0.4 is 0 Å². The number of esters is 1. The van der Waals surface area contributed by atoms with E-state index in [1.54, 1.807) is 11.3 Å². The average Bonchev–Trinajstić information content (AvgIpc) is 3.24. The van der Waals surface area contributed by atoms with Crippen LogP contribution >= 0.6 is 11.3 Å². The number of aromatic nitrogens is 1. The summed E-state index contributed by atoms with van der Waals surface area (Å²) in [6.45, 7) is 5.54. The van der Waals surface area contributed by atoms with E-state index in [1.807, 2.05) is 18.2 Å². The molecule has 0 radical (unpaired) electrons. The van der Waals surface area contributed by atoms with Crippen molar-refractivity contribution in [2.75, 3.05) is 7.11 Å². The highest BCUT2D eigenvalue weighted by Crippen LogP contribution is 2.32. The molecule has 2 heterocycles. The third-order valence-electron chi connectivity index (χ3n) is 3.33. The highest BCUT2D eigenvalue weighted by atomic mass is 32.1. The lowest BCUT2D eigenvalue weighted by Crippen LogP contribution is -1.88. The Kier molecular flexibility index (Phi) is 6.32. The molecule has 126 valence electrons. The van der Waals surface area contributed by atoms with Crippen molar-refractivity contribution in [3.8, 4) is 22.1 Å². The molecule has 0 fully saturated rings. The molecule has 0 aliphatic heterocycles. The first-order valence-corrected chi connectivity index (χ1v) is 8.58. The highest BCUT2D eigenvalue weighted by molar-refractivity contribution is 7.13. The zero-order valence-corrected chi connectivity index (χ0v) is 15.1. The lowest BCUT2D eigenvalue weighted by Gasteiger charge is -1.96. The van der Waals surface area contributed by atoms with Gasteiger partial charge in [0.05, 0.1) is 17.7 Å². The first-order chi connectivity index (χ1) is 11.5. The standard InChI is InChI=1S/C16H15NOS.C3H6O2/c1-3-13-15(14-8-5-9-19-14)18-16(17-13)12-7-4-6-11(2)10-12;1-3(4)5-2/h4-10H,3H2,1-2H3;1-2H3. The Morgan fingerprint density at radius 3 is 2.58 bits per heavy atom.